The molecule has 1 aromatic rings. The molecule has 0 atom stereocenters. The molecule has 0 aromatic heterocycles. The van der Waals surface area contributed by atoms with Crippen LogP contribution in [-0.4, -0.2) is 32.8 Å². The molecule has 0 saturated carbocycles. The van der Waals surface area contributed by atoms with Crippen LogP contribution in [0.15, 0.2) is 30.0 Å². The largest absolute Gasteiger partial charge is 0.466 e. The average molecular weight is 319 g/mol. The maximum Gasteiger partial charge on any atom is 0.387 e. The Labute approximate surface area is 123 Å². The van der Waals surface area contributed by atoms with Crippen LogP contribution >= 0.6 is 0 Å². The highest BCUT2D eigenvalue weighted by Gasteiger charge is 2.18. The van der Waals surface area contributed by atoms with Gasteiger partial charge in [-0.25, -0.2) is 14.0 Å². The van der Waals surface area contributed by atoms with E-state index in [4.69, 9.17) is 0 Å². The minimum Gasteiger partial charge on any atom is -0.466 e. The van der Waals surface area contributed by atoms with Crippen molar-refractivity contribution < 1.29 is 37.0 Å². The number of hydrogen-bond donors (Lipinski definition) is 1. The maximum atomic E-state index is 14.0. The zero-order valence-electron chi connectivity index (χ0n) is 11.6. The third kappa shape index (κ3) is 4.69. The first kappa shape index (κ1) is 17.3. The quantitative estimate of drug-likeness (QED) is 0.639. The number of ether oxygens (including phenoxy) is 3. The average Bonchev–Trinajstić information content (AvgIpc) is 2.48. The molecule has 0 spiro atoms. The molecule has 6 nitrogen and oxygen atoms in total. The fourth-order valence-corrected chi connectivity index (χ4v) is 1.37. The van der Waals surface area contributed by atoms with Crippen molar-refractivity contribution in [3.05, 3.63) is 35.8 Å². The summed E-state index contributed by atoms with van der Waals surface area (Å²) in [5.74, 6) is -3.76. The van der Waals surface area contributed by atoms with Crippen molar-refractivity contribution in [3.8, 4) is 5.75 Å². The van der Waals surface area contributed by atoms with Gasteiger partial charge in [-0.3, -0.25) is 0 Å². The number of benzene rings is 1. The smallest absolute Gasteiger partial charge is 0.387 e. The van der Waals surface area contributed by atoms with Crippen molar-refractivity contribution in [2.24, 2.45) is 0 Å². The van der Waals surface area contributed by atoms with Crippen molar-refractivity contribution >= 4 is 17.6 Å². The first-order valence-corrected chi connectivity index (χ1v) is 5.77. The molecule has 0 radical (unpaired) electrons. The predicted octanol–water partition coefficient (Wildman–Crippen LogP) is 2.07. The number of anilines is 1. The van der Waals surface area contributed by atoms with E-state index in [0.717, 1.165) is 32.4 Å². The van der Waals surface area contributed by atoms with E-state index >= 15 is 0 Å². The van der Waals surface area contributed by atoms with Gasteiger partial charge in [0.1, 0.15) is 5.70 Å². The van der Waals surface area contributed by atoms with E-state index in [2.05, 4.69) is 19.5 Å². The van der Waals surface area contributed by atoms with Gasteiger partial charge in [0.25, 0.3) is 0 Å². The number of rotatable bonds is 6. The van der Waals surface area contributed by atoms with Crippen molar-refractivity contribution in [3.63, 3.8) is 0 Å². The lowest BCUT2D eigenvalue weighted by molar-refractivity contribution is -0.138. The molecule has 0 amide bonds. The lowest BCUT2D eigenvalue weighted by Crippen LogP contribution is -2.16. The molecule has 0 bridgehead atoms. The molecule has 1 aromatic carbocycles. The van der Waals surface area contributed by atoms with Gasteiger partial charge in [-0.05, 0) is 12.1 Å². The summed E-state index contributed by atoms with van der Waals surface area (Å²) in [5, 5.41) is 2.26. The van der Waals surface area contributed by atoms with Crippen molar-refractivity contribution in [2.75, 3.05) is 19.5 Å². The predicted molar refractivity (Wildman–Crippen MR) is 68.8 cm³/mol. The van der Waals surface area contributed by atoms with Crippen molar-refractivity contribution in [1.82, 2.24) is 0 Å². The van der Waals surface area contributed by atoms with E-state index in [1.807, 2.05) is 0 Å². The highest BCUT2D eigenvalue weighted by atomic mass is 19.3. The number of carbonyl (C=O) groups excluding carboxylic acids is 2. The van der Waals surface area contributed by atoms with Crippen LogP contribution in [0.4, 0.5) is 18.9 Å². The Balaban J connectivity index is 3.11. The second-order valence-corrected chi connectivity index (χ2v) is 3.69. The Kier molecular flexibility index (Phi) is 6.24. The van der Waals surface area contributed by atoms with Crippen molar-refractivity contribution in [2.45, 2.75) is 6.61 Å². The fourth-order valence-electron chi connectivity index (χ4n) is 1.37. The van der Waals surface area contributed by atoms with Gasteiger partial charge in [-0.15, -0.1) is 0 Å². The second kappa shape index (κ2) is 7.91. The minimum atomic E-state index is -3.21. The Morgan fingerprint density at radius 3 is 2.45 bits per heavy atom. The molecular formula is C13H12F3NO5. The van der Waals surface area contributed by atoms with Gasteiger partial charge in [-0.2, -0.15) is 8.78 Å². The van der Waals surface area contributed by atoms with Crippen LogP contribution in [0.2, 0.25) is 0 Å². The monoisotopic (exact) mass is 319 g/mol. The molecule has 1 rings (SSSR count). The molecular weight excluding hydrogens is 307 g/mol. The molecule has 0 aliphatic carbocycles. The lowest BCUT2D eigenvalue weighted by Gasteiger charge is -2.12. The Hall–Kier alpha value is -2.71. The van der Waals surface area contributed by atoms with Gasteiger partial charge in [0.05, 0.1) is 26.0 Å². The van der Waals surface area contributed by atoms with Gasteiger partial charge in [0.15, 0.2) is 11.6 Å². The molecule has 0 fully saturated rings. The van der Waals surface area contributed by atoms with Crippen LogP contribution in [0, 0.1) is 5.82 Å². The number of alkyl halides is 2. The van der Waals surface area contributed by atoms with E-state index in [1.54, 1.807) is 0 Å². The van der Waals surface area contributed by atoms with Crippen LogP contribution in [-0.2, 0) is 19.1 Å². The molecule has 0 unspecified atom stereocenters. The van der Waals surface area contributed by atoms with Crippen LogP contribution in [0.5, 0.6) is 5.75 Å². The molecule has 22 heavy (non-hydrogen) atoms. The maximum absolute atomic E-state index is 14.0. The third-order valence-electron chi connectivity index (χ3n) is 2.32. The van der Waals surface area contributed by atoms with Gasteiger partial charge < -0.3 is 19.5 Å². The lowest BCUT2D eigenvalue weighted by atomic mass is 10.2. The number of nitrogens with one attached hydrogen (secondary N) is 1. The summed E-state index contributed by atoms with van der Waals surface area (Å²) in [7, 11) is 2.12. The van der Waals surface area contributed by atoms with E-state index in [-0.39, 0.29) is 5.69 Å². The summed E-state index contributed by atoms with van der Waals surface area (Å²) < 4.78 is 51.0. The van der Waals surface area contributed by atoms with Crippen LogP contribution in [0.3, 0.4) is 0 Å². The van der Waals surface area contributed by atoms with E-state index < -0.39 is 35.8 Å². The number of halogens is 3. The number of hydrogen-bond acceptors (Lipinski definition) is 6. The molecule has 0 heterocycles. The van der Waals surface area contributed by atoms with E-state index in [0.29, 0.717) is 0 Å². The fraction of sp³-hybridized carbons (Fsp3) is 0.231. The van der Waals surface area contributed by atoms with Crippen molar-refractivity contribution in [1.29, 1.82) is 0 Å². The van der Waals surface area contributed by atoms with Crippen LogP contribution < -0.4 is 10.1 Å². The molecule has 0 aliphatic heterocycles. The SMILES string of the molecule is COC(=O)/C=C(/Nc1cccc(OC(F)F)c1F)C(=O)OC. The minimum absolute atomic E-state index is 0.362. The summed E-state index contributed by atoms with van der Waals surface area (Å²) in [6.07, 6.45) is 0.728. The van der Waals surface area contributed by atoms with E-state index in [9.17, 15) is 22.8 Å². The summed E-state index contributed by atoms with van der Waals surface area (Å²) >= 11 is 0. The standard InChI is InChI=1S/C13H12F3NO5/c1-20-10(18)6-8(12(19)21-2)17-7-4-3-5-9(11(7)14)22-13(15)16/h3-6,13,17H,1-2H3/b8-6+. The van der Waals surface area contributed by atoms with Gasteiger partial charge in [0.2, 0.25) is 0 Å². The molecule has 0 aliphatic rings. The normalized spacial score (nSPS) is 11.1. The Morgan fingerprint density at radius 1 is 1.23 bits per heavy atom. The number of methoxy groups -OCH3 is 2. The Morgan fingerprint density at radius 2 is 1.91 bits per heavy atom. The molecule has 9 heteroatoms. The molecule has 120 valence electrons. The highest BCUT2D eigenvalue weighted by molar-refractivity contribution is 5.98. The number of esters is 2. The summed E-state index contributed by atoms with van der Waals surface area (Å²) in [4.78, 5) is 22.7. The first-order valence-electron chi connectivity index (χ1n) is 5.77. The van der Waals surface area contributed by atoms with E-state index in [1.165, 1.54) is 6.07 Å². The molecule has 0 saturated heterocycles. The van der Waals surface area contributed by atoms with Crippen LogP contribution in [0.25, 0.3) is 0 Å². The Bertz CT molecular complexity index is 589. The molecule has 1 N–H and O–H groups in total. The van der Waals surface area contributed by atoms with Gasteiger partial charge in [0, 0.05) is 0 Å². The summed E-state index contributed by atoms with van der Waals surface area (Å²) in [6, 6.07) is 3.35. The summed E-state index contributed by atoms with van der Waals surface area (Å²) in [5.41, 5.74) is -0.804. The topological polar surface area (TPSA) is 73.9 Å². The summed E-state index contributed by atoms with van der Waals surface area (Å²) in [6.45, 7) is -3.21. The van der Waals surface area contributed by atoms with Crippen LogP contribution in [0.1, 0.15) is 0 Å². The van der Waals surface area contributed by atoms with Gasteiger partial charge in [-0.1, -0.05) is 6.07 Å². The zero-order valence-corrected chi connectivity index (χ0v) is 11.6. The second-order valence-electron chi connectivity index (χ2n) is 3.69. The zero-order chi connectivity index (χ0) is 16.7. The first-order chi connectivity index (χ1) is 10.4. The van der Waals surface area contributed by atoms with Gasteiger partial charge >= 0.3 is 18.6 Å². The number of carbonyl (C=O) groups is 2. The third-order valence-corrected chi connectivity index (χ3v) is 2.32. The highest BCUT2D eigenvalue weighted by Crippen LogP contribution is 2.26.